The van der Waals surface area contributed by atoms with E-state index in [-0.39, 0.29) is 0 Å². The molecule has 0 spiro atoms. The molecule has 0 bridgehead atoms. The highest BCUT2D eigenvalue weighted by Crippen LogP contribution is 2.32. The molecule has 0 heterocycles. The van der Waals surface area contributed by atoms with Crippen molar-refractivity contribution in [2.45, 2.75) is 0 Å². The quantitative estimate of drug-likeness (QED) is 0.793. The Hall–Kier alpha value is -1.29. The van der Waals surface area contributed by atoms with Gasteiger partial charge in [-0.05, 0) is 28.1 Å². The molecular formula is C11H11BrO3. The van der Waals surface area contributed by atoms with Crippen molar-refractivity contribution in [2.24, 2.45) is 0 Å². The summed E-state index contributed by atoms with van der Waals surface area (Å²) in [6, 6.07) is 3.40. The van der Waals surface area contributed by atoms with Gasteiger partial charge in [0.05, 0.1) is 24.3 Å². The first-order valence-electron chi connectivity index (χ1n) is 4.23. The van der Waals surface area contributed by atoms with Gasteiger partial charge in [-0.25, -0.2) is 4.79 Å². The molecule has 15 heavy (non-hydrogen) atoms. The summed E-state index contributed by atoms with van der Waals surface area (Å²) >= 11 is 3.33. The van der Waals surface area contributed by atoms with Crippen molar-refractivity contribution in [1.82, 2.24) is 0 Å². The van der Waals surface area contributed by atoms with Crippen LogP contribution in [0.4, 0.5) is 0 Å². The van der Waals surface area contributed by atoms with E-state index < -0.39 is 5.97 Å². The Morgan fingerprint density at radius 2 is 2.13 bits per heavy atom. The molecule has 0 aliphatic carbocycles. The lowest BCUT2D eigenvalue weighted by Crippen LogP contribution is -2.05. The molecule has 1 aromatic rings. The van der Waals surface area contributed by atoms with E-state index in [2.05, 4.69) is 27.2 Å². The number of carbonyl (C=O) groups excluding carboxylic acids is 1. The molecule has 0 aliphatic rings. The average molecular weight is 271 g/mol. The summed E-state index contributed by atoms with van der Waals surface area (Å²) in [5.41, 5.74) is 1.06. The number of hydrogen-bond donors (Lipinski definition) is 0. The van der Waals surface area contributed by atoms with Crippen LogP contribution in [0.3, 0.4) is 0 Å². The standard InChI is InChI=1S/C11H11BrO3/c1-4-7-8(11(13)15-3)5-6-9(12)10(7)14-2/h4-6H,1H2,2-3H3. The zero-order valence-corrected chi connectivity index (χ0v) is 10.1. The second-order valence-electron chi connectivity index (χ2n) is 2.74. The maximum absolute atomic E-state index is 11.4. The Balaban J connectivity index is 3.41. The SMILES string of the molecule is C=Cc1c(C(=O)OC)ccc(Br)c1OC. The highest BCUT2D eigenvalue weighted by Gasteiger charge is 2.15. The monoisotopic (exact) mass is 270 g/mol. The molecule has 4 heteroatoms. The van der Waals surface area contributed by atoms with Crippen LogP contribution in [-0.2, 0) is 4.74 Å². The van der Waals surface area contributed by atoms with E-state index in [0.717, 1.165) is 4.47 Å². The minimum absolute atomic E-state index is 0.407. The minimum Gasteiger partial charge on any atom is -0.495 e. The molecule has 0 atom stereocenters. The van der Waals surface area contributed by atoms with Crippen molar-refractivity contribution in [2.75, 3.05) is 14.2 Å². The molecule has 3 nitrogen and oxygen atoms in total. The second-order valence-corrected chi connectivity index (χ2v) is 3.59. The summed E-state index contributed by atoms with van der Waals surface area (Å²) in [5, 5.41) is 0. The third-order valence-electron chi connectivity index (χ3n) is 1.96. The van der Waals surface area contributed by atoms with E-state index >= 15 is 0 Å². The van der Waals surface area contributed by atoms with Crippen LogP contribution in [0.2, 0.25) is 0 Å². The van der Waals surface area contributed by atoms with Crippen molar-refractivity contribution in [1.29, 1.82) is 0 Å². The number of benzene rings is 1. The van der Waals surface area contributed by atoms with Gasteiger partial charge in [0.25, 0.3) is 0 Å². The largest absolute Gasteiger partial charge is 0.495 e. The van der Waals surface area contributed by atoms with Crippen LogP contribution in [0, 0.1) is 0 Å². The molecule has 0 aliphatic heterocycles. The van der Waals surface area contributed by atoms with Gasteiger partial charge in [0, 0.05) is 5.56 Å². The molecule has 80 valence electrons. The van der Waals surface area contributed by atoms with Gasteiger partial charge >= 0.3 is 5.97 Å². The third kappa shape index (κ3) is 2.21. The Kier molecular flexibility index (Phi) is 3.91. The number of halogens is 1. The summed E-state index contributed by atoms with van der Waals surface area (Å²) in [7, 11) is 2.87. The molecule has 0 fully saturated rings. The van der Waals surface area contributed by atoms with Gasteiger partial charge < -0.3 is 9.47 Å². The first-order chi connectivity index (χ1) is 7.15. The van der Waals surface area contributed by atoms with E-state index in [1.165, 1.54) is 14.2 Å². The van der Waals surface area contributed by atoms with E-state index in [0.29, 0.717) is 16.9 Å². The zero-order chi connectivity index (χ0) is 11.4. The van der Waals surface area contributed by atoms with Gasteiger partial charge in [0.1, 0.15) is 5.75 Å². The fraction of sp³-hybridized carbons (Fsp3) is 0.182. The summed E-state index contributed by atoms with van der Waals surface area (Å²) in [4.78, 5) is 11.4. The number of rotatable bonds is 3. The predicted molar refractivity (Wildman–Crippen MR) is 62.1 cm³/mol. The summed E-state index contributed by atoms with van der Waals surface area (Å²) in [5.74, 6) is 0.170. The lowest BCUT2D eigenvalue weighted by atomic mass is 10.1. The van der Waals surface area contributed by atoms with Crippen LogP contribution in [0.25, 0.3) is 6.08 Å². The van der Waals surface area contributed by atoms with Gasteiger partial charge in [-0.3, -0.25) is 0 Å². The van der Waals surface area contributed by atoms with Crippen LogP contribution in [0.5, 0.6) is 5.75 Å². The van der Waals surface area contributed by atoms with E-state index in [1.807, 2.05) is 0 Å². The normalized spacial score (nSPS) is 9.53. The van der Waals surface area contributed by atoms with Crippen molar-refractivity contribution < 1.29 is 14.3 Å². The number of carbonyl (C=O) groups is 1. The highest BCUT2D eigenvalue weighted by molar-refractivity contribution is 9.10. The number of esters is 1. The van der Waals surface area contributed by atoms with Crippen LogP contribution < -0.4 is 4.74 Å². The highest BCUT2D eigenvalue weighted by atomic mass is 79.9. The average Bonchev–Trinajstić information content (AvgIpc) is 2.27. The van der Waals surface area contributed by atoms with Crippen LogP contribution in [0.15, 0.2) is 23.2 Å². The summed E-state index contributed by atoms with van der Waals surface area (Å²) in [6.45, 7) is 3.65. The van der Waals surface area contributed by atoms with Crippen LogP contribution in [-0.4, -0.2) is 20.2 Å². The second kappa shape index (κ2) is 4.98. The van der Waals surface area contributed by atoms with Gasteiger partial charge in [-0.1, -0.05) is 12.7 Å². The van der Waals surface area contributed by atoms with Crippen molar-refractivity contribution in [3.8, 4) is 5.75 Å². The van der Waals surface area contributed by atoms with Gasteiger partial charge in [-0.15, -0.1) is 0 Å². The van der Waals surface area contributed by atoms with Crippen molar-refractivity contribution in [3.63, 3.8) is 0 Å². The minimum atomic E-state index is -0.407. The van der Waals surface area contributed by atoms with Crippen molar-refractivity contribution >= 4 is 28.0 Å². The molecule has 0 amide bonds. The first kappa shape index (κ1) is 11.8. The van der Waals surface area contributed by atoms with E-state index in [9.17, 15) is 4.79 Å². The zero-order valence-electron chi connectivity index (χ0n) is 8.54. The fourth-order valence-corrected chi connectivity index (χ4v) is 1.78. The Morgan fingerprint density at radius 3 is 2.60 bits per heavy atom. The summed E-state index contributed by atoms with van der Waals surface area (Å²) < 4.78 is 10.6. The number of methoxy groups -OCH3 is 2. The molecular weight excluding hydrogens is 260 g/mol. The van der Waals surface area contributed by atoms with Crippen LogP contribution in [0.1, 0.15) is 15.9 Å². The van der Waals surface area contributed by atoms with Crippen molar-refractivity contribution in [3.05, 3.63) is 34.3 Å². The van der Waals surface area contributed by atoms with E-state index in [4.69, 9.17) is 4.74 Å². The Morgan fingerprint density at radius 1 is 1.47 bits per heavy atom. The molecule has 0 radical (unpaired) electrons. The van der Waals surface area contributed by atoms with E-state index in [1.54, 1.807) is 18.2 Å². The van der Waals surface area contributed by atoms with Gasteiger partial charge in [-0.2, -0.15) is 0 Å². The topological polar surface area (TPSA) is 35.5 Å². The number of ether oxygens (including phenoxy) is 2. The first-order valence-corrected chi connectivity index (χ1v) is 5.02. The predicted octanol–water partition coefficient (Wildman–Crippen LogP) is 2.89. The maximum Gasteiger partial charge on any atom is 0.338 e. The molecule has 1 rings (SSSR count). The molecule has 0 saturated carbocycles. The summed E-state index contributed by atoms with van der Waals surface area (Å²) in [6.07, 6.45) is 1.57. The van der Waals surface area contributed by atoms with Crippen LogP contribution >= 0.6 is 15.9 Å². The molecule has 0 saturated heterocycles. The maximum atomic E-state index is 11.4. The molecule has 0 N–H and O–H groups in total. The number of hydrogen-bond acceptors (Lipinski definition) is 3. The Labute approximate surface area is 96.8 Å². The lowest BCUT2D eigenvalue weighted by Gasteiger charge is -2.10. The lowest BCUT2D eigenvalue weighted by molar-refractivity contribution is 0.0600. The Bertz CT molecular complexity index is 399. The smallest absolute Gasteiger partial charge is 0.338 e. The third-order valence-corrected chi connectivity index (χ3v) is 2.59. The fourth-order valence-electron chi connectivity index (χ4n) is 1.27. The molecule has 1 aromatic carbocycles. The van der Waals surface area contributed by atoms with Gasteiger partial charge in [0.15, 0.2) is 0 Å². The van der Waals surface area contributed by atoms with Gasteiger partial charge in [0.2, 0.25) is 0 Å². The molecule has 0 unspecified atom stereocenters. The molecule has 0 aromatic heterocycles.